The standard InChI is InChI=1S/C36H52O9/c1-9-22(4)30-24(6)17-29(37)35(45-30)19-26-18-25(44-35)14-13-21(3)15-20(2)11-10-12-27-34(41-8)43-32-31(40-7)23(5)16-28(33(38)42-26)36(27,32)39/h9-13,16,20,24-26,28-32,34,37,39H,14-15,17-19H2,1-8H3/b11-10+,21-13+,22-9+,27-12+/t20-,24-,25+,26-,28-,29+,30+,31+,32+,34-,35-,36+/m0/s1. The summed E-state index contributed by atoms with van der Waals surface area (Å²) < 4.78 is 37.3. The van der Waals surface area contributed by atoms with Crippen LogP contribution in [-0.2, 0) is 33.2 Å². The van der Waals surface area contributed by atoms with Crippen molar-refractivity contribution in [3.05, 3.63) is 58.7 Å². The summed E-state index contributed by atoms with van der Waals surface area (Å²) in [6, 6.07) is 0. The Kier molecular flexibility index (Phi) is 10.3. The number of aliphatic hydroxyl groups excluding tert-OH is 1. The molecule has 2 bridgehead atoms. The van der Waals surface area contributed by atoms with Gasteiger partial charge < -0.3 is 38.6 Å². The Morgan fingerprint density at radius 1 is 1.11 bits per heavy atom. The van der Waals surface area contributed by atoms with Gasteiger partial charge in [-0.2, -0.15) is 0 Å². The Bertz CT molecular complexity index is 1260. The highest BCUT2D eigenvalue weighted by Crippen LogP contribution is 2.50. The third-order valence-corrected chi connectivity index (χ3v) is 10.4. The van der Waals surface area contributed by atoms with Crippen LogP contribution in [0.5, 0.6) is 0 Å². The molecule has 0 saturated carbocycles. The van der Waals surface area contributed by atoms with Crippen LogP contribution in [0.25, 0.3) is 0 Å². The minimum Gasteiger partial charge on any atom is -0.462 e. The van der Waals surface area contributed by atoms with Crippen molar-refractivity contribution in [2.24, 2.45) is 17.8 Å². The Hall–Kier alpha value is -2.11. The lowest BCUT2D eigenvalue weighted by molar-refractivity contribution is -0.363. The lowest BCUT2D eigenvalue weighted by Gasteiger charge is -2.52. The average Bonchev–Trinajstić information content (AvgIpc) is 3.28. The van der Waals surface area contributed by atoms with Gasteiger partial charge >= 0.3 is 5.97 Å². The second-order valence-corrected chi connectivity index (χ2v) is 13.8. The molecule has 3 saturated heterocycles. The van der Waals surface area contributed by atoms with Gasteiger partial charge in [-0.15, -0.1) is 0 Å². The molecule has 5 aliphatic rings. The smallest absolute Gasteiger partial charge is 0.316 e. The summed E-state index contributed by atoms with van der Waals surface area (Å²) in [4.78, 5) is 14.3. The van der Waals surface area contributed by atoms with Gasteiger partial charge in [0.05, 0.1) is 12.2 Å². The fourth-order valence-electron chi connectivity index (χ4n) is 7.94. The fraction of sp³-hybridized carbons (Fsp3) is 0.694. The number of ether oxygens (including phenoxy) is 6. The first kappa shape index (κ1) is 34.2. The third-order valence-electron chi connectivity index (χ3n) is 10.4. The van der Waals surface area contributed by atoms with E-state index in [2.05, 4.69) is 32.9 Å². The van der Waals surface area contributed by atoms with Crippen LogP contribution >= 0.6 is 0 Å². The molecular weight excluding hydrogens is 576 g/mol. The molecule has 2 N–H and O–H groups in total. The number of allylic oxidation sites excluding steroid dienone is 5. The van der Waals surface area contributed by atoms with Crippen LogP contribution in [0.3, 0.4) is 0 Å². The first-order valence-corrected chi connectivity index (χ1v) is 16.4. The van der Waals surface area contributed by atoms with Crippen LogP contribution in [-0.4, -0.2) is 84.7 Å². The van der Waals surface area contributed by atoms with Gasteiger partial charge in [0.1, 0.15) is 35.9 Å². The van der Waals surface area contributed by atoms with Crippen LogP contribution in [0.15, 0.2) is 58.7 Å². The minimum atomic E-state index is -1.77. The summed E-state index contributed by atoms with van der Waals surface area (Å²) in [7, 11) is 3.08. The first-order chi connectivity index (χ1) is 21.4. The fourth-order valence-corrected chi connectivity index (χ4v) is 7.94. The van der Waals surface area contributed by atoms with Crippen molar-refractivity contribution in [1.82, 2.24) is 0 Å². The van der Waals surface area contributed by atoms with Crippen LogP contribution in [0.1, 0.15) is 73.6 Å². The summed E-state index contributed by atoms with van der Waals surface area (Å²) in [5.74, 6) is -2.69. The monoisotopic (exact) mass is 628 g/mol. The number of carbonyl (C=O) groups is 1. The number of aliphatic hydroxyl groups is 2. The van der Waals surface area contributed by atoms with Crippen molar-refractivity contribution in [2.45, 2.75) is 128 Å². The van der Waals surface area contributed by atoms with E-state index in [0.717, 1.165) is 17.6 Å². The number of esters is 1. The topological polar surface area (TPSA) is 113 Å². The molecule has 9 nitrogen and oxygen atoms in total. The molecule has 0 radical (unpaired) electrons. The lowest BCUT2D eigenvalue weighted by Crippen LogP contribution is -2.62. The van der Waals surface area contributed by atoms with Gasteiger partial charge in [-0.3, -0.25) is 4.79 Å². The van der Waals surface area contributed by atoms with E-state index in [9.17, 15) is 15.0 Å². The number of methoxy groups -OCH3 is 2. The van der Waals surface area contributed by atoms with Crippen molar-refractivity contribution in [3.63, 3.8) is 0 Å². The van der Waals surface area contributed by atoms with E-state index in [1.165, 1.54) is 12.7 Å². The number of carbonyl (C=O) groups excluding carboxylic acids is 1. The number of hydrogen-bond acceptors (Lipinski definition) is 9. The predicted octanol–water partition coefficient (Wildman–Crippen LogP) is 5.08. The van der Waals surface area contributed by atoms with Crippen molar-refractivity contribution < 1.29 is 43.4 Å². The zero-order valence-corrected chi connectivity index (χ0v) is 28.0. The van der Waals surface area contributed by atoms with E-state index >= 15 is 0 Å². The Morgan fingerprint density at radius 2 is 1.87 bits per heavy atom. The van der Waals surface area contributed by atoms with Crippen molar-refractivity contribution >= 4 is 5.97 Å². The molecule has 1 spiro atoms. The van der Waals surface area contributed by atoms with Gasteiger partial charge in [0, 0.05) is 32.6 Å². The van der Waals surface area contributed by atoms with Crippen LogP contribution in [0.2, 0.25) is 0 Å². The second kappa shape index (κ2) is 13.6. The largest absolute Gasteiger partial charge is 0.462 e. The molecule has 0 aromatic carbocycles. The SMILES string of the molecule is C/C=C(\C)[C@H]1O[C@@]2(C[C@@H]3C[C@@H](C/C=C(\C)C[C@@H](C)/C=C/C=C4\[C@@H](OC)O[C@@H]5[C@H](OC)C(C)=C[C@@H](C(=O)O3)[C@]45O)O2)[C@H](O)C[C@@H]1C. The summed E-state index contributed by atoms with van der Waals surface area (Å²) >= 11 is 0. The van der Waals surface area contributed by atoms with Gasteiger partial charge in [0.25, 0.3) is 0 Å². The Balaban J connectivity index is 1.57. The summed E-state index contributed by atoms with van der Waals surface area (Å²) in [6.45, 7) is 12.2. The average molecular weight is 629 g/mol. The molecule has 4 aliphatic heterocycles. The highest BCUT2D eigenvalue weighted by Gasteiger charge is 2.64. The maximum atomic E-state index is 14.3. The molecule has 0 unspecified atom stereocenters. The van der Waals surface area contributed by atoms with E-state index in [-0.39, 0.29) is 30.5 Å². The van der Waals surface area contributed by atoms with Gasteiger partial charge in [-0.25, -0.2) is 0 Å². The van der Waals surface area contributed by atoms with Gasteiger partial charge in [0.15, 0.2) is 12.1 Å². The zero-order chi connectivity index (χ0) is 32.7. The number of fused-ring (bicyclic) bond motifs is 2. The quantitative estimate of drug-likeness (QED) is 0.327. The molecular formula is C36H52O9. The van der Waals surface area contributed by atoms with E-state index in [1.807, 2.05) is 32.9 Å². The minimum absolute atomic E-state index is 0.0885. The molecule has 5 rings (SSSR count). The Labute approximate surface area is 267 Å². The molecule has 9 heteroatoms. The molecule has 1 aliphatic carbocycles. The summed E-state index contributed by atoms with van der Waals surface area (Å²) in [5, 5.41) is 24.0. The third kappa shape index (κ3) is 6.42. The number of rotatable bonds is 3. The molecule has 45 heavy (non-hydrogen) atoms. The molecule has 4 heterocycles. The second-order valence-electron chi connectivity index (χ2n) is 13.8. The van der Waals surface area contributed by atoms with E-state index in [4.69, 9.17) is 28.4 Å². The van der Waals surface area contributed by atoms with Gasteiger partial charge in [0.2, 0.25) is 0 Å². The number of hydrogen-bond donors (Lipinski definition) is 2. The summed E-state index contributed by atoms with van der Waals surface area (Å²) in [5.41, 5.74) is 1.70. The molecule has 12 atom stereocenters. The van der Waals surface area contributed by atoms with Crippen molar-refractivity contribution in [3.8, 4) is 0 Å². The van der Waals surface area contributed by atoms with E-state index in [1.54, 1.807) is 19.3 Å². The normalized spacial score (nSPS) is 47.6. The zero-order valence-electron chi connectivity index (χ0n) is 28.0. The molecule has 250 valence electrons. The lowest BCUT2D eigenvalue weighted by atomic mass is 9.70. The molecule has 3 fully saturated rings. The molecule has 0 aromatic rings. The van der Waals surface area contributed by atoms with Crippen molar-refractivity contribution in [2.75, 3.05) is 14.2 Å². The van der Waals surface area contributed by atoms with Crippen LogP contribution in [0, 0.1) is 17.8 Å². The van der Waals surface area contributed by atoms with Gasteiger partial charge in [-0.05, 0) is 69.9 Å². The highest BCUT2D eigenvalue weighted by molar-refractivity contribution is 5.78. The van der Waals surface area contributed by atoms with Crippen molar-refractivity contribution in [1.29, 1.82) is 0 Å². The van der Waals surface area contributed by atoms with E-state index < -0.39 is 54.0 Å². The predicted molar refractivity (Wildman–Crippen MR) is 169 cm³/mol. The highest BCUT2D eigenvalue weighted by atomic mass is 16.7. The Morgan fingerprint density at radius 3 is 2.56 bits per heavy atom. The van der Waals surface area contributed by atoms with Crippen LogP contribution < -0.4 is 0 Å². The van der Waals surface area contributed by atoms with Crippen LogP contribution in [0.4, 0.5) is 0 Å². The maximum absolute atomic E-state index is 14.3. The summed E-state index contributed by atoms with van der Waals surface area (Å²) in [6.07, 6.45) is 9.81. The maximum Gasteiger partial charge on any atom is 0.316 e. The molecule has 0 amide bonds. The molecule has 0 aromatic heterocycles. The van der Waals surface area contributed by atoms with Gasteiger partial charge in [-0.1, -0.05) is 55.9 Å². The van der Waals surface area contributed by atoms with E-state index in [0.29, 0.717) is 24.8 Å². The first-order valence-electron chi connectivity index (χ1n) is 16.4.